The van der Waals surface area contributed by atoms with Crippen LogP contribution < -0.4 is 14.9 Å². The van der Waals surface area contributed by atoms with E-state index >= 15 is 0 Å². The predicted octanol–water partition coefficient (Wildman–Crippen LogP) is 5.31. The third kappa shape index (κ3) is 4.84. The average Bonchev–Trinajstić information content (AvgIpc) is 3.49. The summed E-state index contributed by atoms with van der Waals surface area (Å²) in [6.45, 7) is 6.87. The summed E-state index contributed by atoms with van der Waals surface area (Å²) in [5.74, 6) is -0.116. The number of hydrogen-bond acceptors (Lipinski definition) is 4. The molecular formula is C29H26BrClN4O2S. The Morgan fingerprint density at radius 3 is 2.45 bits per heavy atom. The van der Waals surface area contributed by atoms with Gasteiger partial charge in [-0.3, -0.25) is 14.2 Å². The molecule has 0 fully saturated rings. The molecule has 1 aliphatic rings. The molecule has 2 aromatic carbocycles. The molecule has 38 heavy (non-hydrogen) atoms. The lowest BCUT2D eigenvalue weighted by molar-refractivity contribution is -0.127. The molecule has 4 aromatic rings. The molecule has 3 heterocycles. The Morgan fingerprint density at radius 2 is 1.79 bits per heavy atom. The van der Waals surface area contributed by atoms with E-state index in [-0.39, 0.29) is 11.5 Å². The molecule has 0 radical (unpaired) electrons. The Balaban J connectivity index is 1.69. The van der Waals surface area contributed by atoms with E-state index in [1.807, 2.05) is 86.1 Å². The normalized spacial score (nSPS) is 15.4. The number of thiazole rings is 1. The molecule has 1 atom stereocenters. The largest absolute Gasteiger partial charge is 0.339 e. The molecule has 5 rings (SSSR count). The smallest absolute Gasteiger partial charge is 0.271 e. The summed E-state index contributed by atoms with van der Waals surface area (Å²) in [6.07, 6.45) is 3.85. The predicted molar refractivity (Wildman–Crippen MR) is 157 cm³/mol. The number of carbonyl (C=O) groups excluding carboxylic acids is 1. The first-order valence-corrected chi connectivity index (χ1v) is 14.3. The Morgan fingerprint density at radius 1 is 1.11 bits per heavy atom. The number of likely N-dealkylation sites (N-methyl/N-ethyl adjacent to an activating group) is 1. The van der Waals surface area contributed by atoms with Crippen molar-refractivity contribution < 1.29 is 4.79 Å². The van der Waals surface area contributed by atoms with Gasteiger partial charge in [0.15, 0.2) is 4.80 Å². The third-order valence-corrected chi connectivity index (χ3v) is 8.42. The summed E-state index contributed by atoms with van der Waals surface area (Å²) in [6, 6.07) is 18.6. The first-order chi connectivity index (χ1) is 18.3. The molecule has 0 N–H and O–H groups in total. The van der Waals surface area contributed by atoms with Crippen LogP contribution in [-0.4, -0.2) is 33.0 Å². The highest BCUT2D eigenvalue weighted by Gasteiger charge is 2.34. The van der Waals surface area contributed by atoms with Crippen molar-refractivity contribution in [3.8, 4) is 5.69 Å². The highest BCUT2D eigenvalue weighted by Crippen LogP contribution is 2.31. The van der Waals surface area contributed by atoms with Crippen molar-refractivity contribution in [2.75, 3.05) is 13.1 Å². The molecular weight excluding hydrogens is 584 g/mol. The van der Waals surface area contributed by atoms with E-state index in [1.165, 1.54) is 11.3 Å². The van der Waals surface area contributed by atoms with Crippen LogP contribution >= 0.6 is 38.9 Å². The zero-order chi connectivity index (χ0) is 27.0. The number of rotatable bonds is 6. The SMILES string of the molecule is CCN(CC)C(=O)C1=C(C)N=c2s/c(=C/c3cccn3-c3ccc(Br)cc3)c(=O)n2[C@@H]1c1ccc(Cl)cc1. The van der Waals surface area contributed by atoms with Gasteiger partial charge in [0.2, 0.25) is 0 Å². The standard InChI is InChI=1S/C29H26BrClN4O2S/c1-4-33(5-2)28(37)25-18(3)32-29-35(26(25)19-8-12-21(31)13-9-19)27(36)24(38-29)17-23-7-6-16-34(23)22-14-10-20(30)11-15-22/h6-17,26H,4-5H2,1-3H3/b24-17+/t26-/m1/s1. The van der Waals surface area contributed by atoms with Crippen molar-refractivity contribution in [2.45, 2.75) is 26.8 Å². The van der Waals surface area contributed by atoms with E-state index in [4.69, 9.17) is 16.6 Å². The van der Waals surface area contributed by atoms with Gasteiger partial charge in [0.25, 0.3) is 11.5 Å². The van der Waals surface area contributed by atoms with Crippen LogP contribution in [0, 0.1) is 0 Å². The monoisotopic (exact) mass is 608 g/mol. The zero-order valence-electron chi connectivity index (χ0n) is 21.2. The maximum absolute atomic E-state index is 14.0. The molecule has 0 aliphatic carbocycles. The summed E-state index contributed by atoms with van der Waals surface area (Å²) < 4.78 is 5.22. The molecule has 1 amide bonds. The van der Waals surface area contributed by atoms with E-state index in [9.17, 15) is 9.59 Å². The van der Waals surface area contributed by atoms with Crippen LogP contribution in [0.4, 0.5) is 0 Å². The number of fused-ring (bicyclic) bond motifs is 1. The fourth-order valence-electron chi connectivity index (χ4n) is 4.72. The summed E-state index contributed by atoms with van der Waals surface area (Å²) in [5, 5.41) is 0.590. The first-order valence-electron chi connectivity index (χ1n) is 12.3. The molecule has 9 heteroatoms. The van der Waals surface area contributed by atoms with Crippen molar-refractivity contribution >= 4 is 50.9 Å². The lowest BCUT2D eigenvalue weighted by atomic mass is 9.94. The summed E-state index contributed by atoms with van der Waals surface area (Å²) >= 11 is 11.0. The lowest BCUT2D eigenvalue weighted by Crippen LogP contribution is -2.43. The van der Waals surface area contributed by atoms with Gasteiger partial charge in [-0.15, -0.1) is 0 Å². The topological polar surface area (TPSA) is 59.6 Å². The van der Waals surface area contributed by atoms with Crippen LogP contribution in [0.1, 0.15) is 38.1 Å². The number of nitrogens with zero attached hydrogens (tertiary/aromatic N) is 4. The van der Waals surface area contributed by atoms with Crippen LogP contribution in [0.25, 0.3) is 11.8 Å². The Kier molecular flexibility index (Phi) is 7.56. The van der Waals surface area contributed by atoms with Crippen molar-refractivity contribution in [3.63, 3.8) is 0 Å². The van der Waals surface area contributed by atoms with Gasteiger partial charge in [-0.25, -0.2) is 4.99 Å². The van der Waals surface area contributed by atoms with E-state index < -0.39 is 6.04 Å². The number of aromatic nitrogens is 2. The quantitative estimate of drug-likeness (QED) is 0.298. The molecule has 194 valence electrons. The molecule has 0 bridgehead atoms. The fourth-order valence-corrected chi connectivity index (χ4v) is 6.14. The van der Waals surface area contributed by atoms with E-state index in [1.54, 1.807) is 21.6 Å². The second-order valence-electron chi connectivity index (χ2n) is 8.89. The van der Waals surface area contributed by atoms with Gasteiger partial charge in [-0.2, -0.15) is 0 Å². The summed E-state index contributed by atoms with van der Waals surface area (Å²) in [5.41, 5.74) is 3.61. The van der Waals surface area contributed by atoms with Crippen molar-refractivity contribution in [2.24, 2.45) is 4.99 Å². The fraction of sp³-hybridized carbons (Fsp3) is 0.207. The van der Waals surface area contributed by atoms with Gasteiger partial charge in [-0.05, 0) is 80.9 Å². The summed E-state index contributed by atoms with van der Waals surface area (Å²) in [7, 11) is 0. The molecule has 0 saturated carbocycles. The summed E-state index contributed by atoms with van der Waals surface area (Å²) in [4.78, 5) is 34.7. The highest BCUT2D eigenvalue weighted by molar-refractivity contribution is 9.10. The van der Waals surface area contributed by atoms with Crippen molar-refractivity contribution in [1.29, 1.82) is 0 Å². The van der Waals surface area contributed by atoms with E-state index in [2.05, 4.69) is 15.9 Å². The number of benzene rings is 2. The van der Waals surface area contributed by atoms with Crippen molar-refractivity contribution in [3.05, 3.63) is 119 Å². The first kappa shape index (κ1) is 26.4. The molecule has 0 saturated heterocycles. The maximum Gasteiger partial charge on any atom is 0.271 e. The number of allylic oxidation sites excluding steroid dienone is 1. The van der Waals surface area contributed by atoms with Crippen LogP contribution in [0.15, 0.2) is 92.4 Å². The maximum atomic E-state index is 14.0. The van der Waals surface area contributed by atoms with Gasteiger partial charge in [0, 0.05) is 40.2 Å². The average molecular weight is 610 g/mol. The molecule has 0 unspecified atom stereocenters. The highest BCUT2D eigenvalue weighted by atomic mass is 79.9. The van der Waals surface area contributed by atoms with E-state index in [0.717, 1.165) is 21.4 Å². The number of halogens is 2. The Hall–Kier alpha value is -3.20. The van der Waals surface area contributed by atoms with Gasteiger partial charge in [0.05, 0.1) is 21.8 Å². The second kappa shape index (κ2) is 10.9. The molecule has 2 aromatic heterocycles. The Labute approximate surface area is 238 Å². The van der Waals surface area contributed by atoms with Gasteiger partial charge < -0.3 is 9.47 Å². The van der Waals surface area contributed by atoms with Crippen molar-refractivity contribution in [1.82, 2.24) is 14.0 Å². The molecule has 0 spiro atoms. The third-order valence-electron chi connectivity index (χ3n) is 6.65. The number of carbonyl (C=O) groups is 1. The molecule has 6 nitrogen and oxygen atoms in total. The minimum atomic E-state index is -0.600. The van der Waals surface area contributed by atoms with Crippen LogP contribution in [0.3, 0.4) is 0 Å². The van der Waals surface area contributed by atoms with Gasteiger partial charge >= 0.3 is 0 Å². The number of hydrogen-bond donors (Lipinski definition) is 0. The van der Waals surface area contributed by atoms with Gasteiger partial charge in [-0.1, -0.05) is 51.0 Å². The van der Waals surface area contributed by atoms with E-state index in [0.29, 0.717) is 38.7 Å². The van der Waals surface area contributed by atoms with Crippen LogP contribution in [0.5, 0.6) is 0 Å². The minimum absolute atomic E-state index is 0.116. The Bertz CT molecular complexity index is 1710. The van der Waals surface area contributed by atoms with Crippen LogP contribution in [0.2, 0.25) is 5.02 Å². The minimum Gasteiger partial charge on any atom is -0.339 e. The van der Waals surface area contributed by atoms with Gasteiger partial charge in [0.1, 0.15) is 0 Å². The molecule has 1 aliphatic heterocycles. The van der Waals surface area contributed by atoms with Crippen LogP contribution in [-0.2, 0) is 4.79 Å². The number of amides is 1. The zero-order valence-corrected chi connectivity index (χ0v) is 24.3. The lowest BCUT2D eigenvalue weighted by Gasteiger charge is -2.29. The second-order valence-corrected chi connectivity index (χ2v) is 11.3.